The molecule has 3 N–H and O–H groups in total. The Morgan fingerprint density at radius 3 is 2.34 bits per heavy atom. The zero-order valence-corrected chi connectivity index (χ0v) is 17.2. The number of benzene rings is 2. The smallest absolute Gasteiger partial charge is 0.367 e. The monoisotopic (exact) mass is 398 g/mol. The van der Waals surface area contributed by atoms with Crippen molar-refractivity contribution in [2.45, 2.75) is 26.8 Å². The van der Waals surface area contributed by atoms with Gasteiger partial charge >= 0.3 is 5.97 Å². The van der Waals surface area contributed by atoms with Crippen LogP contribution in [0, 0.1) is 6.92 Å². The maximum Gasteiger partial charge on any atom is 0.367 e. The molecule has 0 fully saturated rings. The highest BCUT2D eigenvalue weighted by molar-refractivity contribution is 6.04. The molecule has 2 rings (SSSR count). The zero-order chi connectivity index (χ0) is 21.4. The van der Waals surface area contributed by atoms with E-state index in [0.29, 0.717) is 17.0 Å². The second-order valence-electron chi connectivity index (χ2n) is 7.35. The molecule has 0 saturated carbocycles. The number of carbonyl (C=O) groups excluding carboxylic acids is 3. The van der Waals surface area contributed by atoms with Gasteiger partial charge in [0.15, 0.2) is 13.1 Å². The van der Waals surface area contributed by atoms with Crippen LogP contribution in [0.3, 0.4) is 0 Å². The molecule has 0 saturated heterocycles. The minimum atomic E-state index is -0.434. The van der Waals surface area contributed by atoms with Crippen LogP contribution in [0.25, 0.3) is 0 Å². The van der Waals surface area contributed by atoms with Gasteiger partial charge in [-0.1, -0.05) is 17.7 Å². The number of hydrogen-bond donors (Lipinski definition) is 3. The molecular weight excluding hydrogens is 370 g/mol. The van der Waals surface area contributed by atoms with Crippen molar-refractivity contribution in [3.63, 3.8) is 0 Å². The van der Waals surface area contributed by atoms with E-state index in [4.69, 9.17) is 4.74 Å². The van der Waals surface area contributed by atoms with Crippen molar-refractivity contribution < 1.29 is 24.0 Å². The van der Waals surface area contributed by atoms with Crippen LogP contribution in [0.4, 0.5) is 5.69 Å². The van der Waals surface area contributed by atoms with Gasteiger partial charge < -0.3 is 20.3 Å². The molecule has 29 heavy (non-hydrogen) atoms. The van der Waals surface area contributed by atoms with Crippen LogP contribution in [-0.4, -0.2) is 44.0 Å². The van der Waals surface area contributed by atoms with E-state index >= 15 is 0 Å². The summed E-state index contributed by atoms with van der Waals surface area (Å²) in [5.74, 6) is -0.373. The van der Waals surface area contributed by atoms with Crippen molar-refractivity contribution in [1.82, 2.24) is 5.32 Å². The van der Waals surface area contributed by atoms with Crippen molar-refractivity contribution in [1.29, 1.82) is 0 Å². The largest absolute Gasteiger partial charge is 0.422 e. The molecule has 0 aliphatic carbocycles. The van der Waals surface area contributed by atoms with Crippen molar-refractivity contribution in [3.8, 4) is 5.75 Å². The van der Waals surface area contributed by atoms with Gasteiger partial charge in [0.2, 0.25) is 0 Å². The number of rotatable bonds is 8. The minimum Gasteiger partial charge on any atom is -0.422 e. The molecule has 1 atom stereocenters. The Morgan fingerprint density at radius 1 is 1.03 bits per heavy atom. The predicted octanol–water partition coefficient (Wildman–Crippen LogP) is 1.19. The first kappa shape index (κ1) is 22.1. The molecule has 2 amide bonds. The molecule has 0 aliphatic rings. The van der Waals surface area contributed by atoms with Gasteiger partial charge in [-0.2, -0.15) is 0 Å². The van der Waals surface area contributed by atoms with Gasteiger partial charge in [0, 0.05) is 17.3 Å². The third-order valence-corrected chi connectivity index (χ3v) is 3.98. The Hall–Kier alpha value is -3.19. The van der Waals surface area contributed by atoms with Gasteiger partial charge in [-0.15, -0.1) is 0 Å². The SMILES string of the molecule is Cc1cccc(C(=O)Nc2ccc(OC(=O)C[NH+](C)CC(=O)NC(C)C)cc2)c1. The van der Waals surface area contributed by atoms with Crippen LogP contribution in [0.5, 0.6) is 5.75 Å². The third-order valence-electron chi connectivity index (χ3n) is 3.98. The summed E-state index contributed by atoms with van der Waals surface area (Å²) in [5, 5.41) is 5.59. The normalized spacial score (nSPS) is 11.6. The van der Waals surface area contributed by atoms with Crippen molar-refractivity contribution in [2.75, 3.05) is 25.5 Å². The Morgan fingerprint density at radius 2 is 1.72 bits per heavy atom. The van der Waals surface area contributed by atoms with Crippen molar-refractivity contribution in [3.05, 3.63) is 59.7 Å². The average molecular weight is 398 g/mol. The minimum absolute atomic E-state index is 0.0622. The number of hydrogen-bond acceptors (Lipinski definition) is 4. The summed E-state index contributed by atoms with van der Waals surface area (Å²) in [4.78, 5) is 36.8. The van der Waals surface area contributed by atoms with Crippen LogP contribution in [0.2, 0.25) is 0 Å². The Bertz CT molecular complexity index is 863. The lowest BCUT2D eigenvalue weighted by Gasteiger charge is -2.14. The number of carbonyl (C=O) groups is 3. The summed E-state index contributed by atoms with van der Waals surface area (Å²) in [7, 11) is 1.76. The maximum atomic E-state index is 12.3. The second-order valence-corrected chi connectivity index (χ2v) is 7.35. The van der Waals surface area contributed by atoms with Crippen LogP contribution >= 0.6 is 0 Å². The first-order valence-corrected chi connectivity index (χ1v) is 9.52. The number of likely N-dealkylation sites (N-methyl/N-ethyl adjacent to an activating group) is 1. The molecule has 0 aliphatic heterocycles. The van der Waals surface area contributed by atoms with Crippen LogP contribution in [0.15, 0.2) is 48.5 Å². The fraction of sp³-hybridized carbons (Fsp3) is 0.318. The van der Waals surface area contributed by atoms with E-state index in [-0.39, 0.29) is 30.9 Å². The van der Waals surface area contributed by atoms with E-state index in [1.165, 1.54) is 0 Å². The fourth-order valence-electron chi connectivity index (χ4n) is 2.72. The summed E-state index contributed by atoms with van der Waals surface area (Å²) in [6.07, 6.45) is 0. The molecule has 0 heterocycles. The number of anilines is 1. The van der Waals surface area contributed by atoms with E-state index in [1.807, 2.05) is 39.0 Å². The molecule has 7 nitrogen and oxygen atoms in total. The number of aryl methyl sites for hydroxylation is 1. The summed E-state index contributed by atoms with van der Waals surface area (Å²) in [6.45, 7) is 5.95. The van der Waals surface area contributed by atoms with Crippen LogP contribution in [0.1, 0.15) is 29.8 Å². The Labute approximate surface area is 171 Å². The molecule has 0 spiro atoms. The molecule has 0 bridgehead atoms. The number of amides is 2. The highest BCUT2D eigenvalue weighted by Crippen LogP contribution is 2.17. The van der Waals surface area contributed by atoms with Crippen LogP contribution in [-0.2, 0) is 9.59 Å². The van der Waals surface area contributed by atoms with E-state index in [0.717, 1.165) is 10.5 Å². The topological polar surface area (TPSA) is 88.9 Å². The van der Waals surface area contributed by atoms with E-state index in [9.17, 15) is 14.4 Å². The van der Waals surface area contributed by atoms with Gasteiger partial charge in [0.25, 0.3) is 11.8 Å². The van der Waals surface area contributed by atoms with E-state index in [2.05, 4.69) is 10.6 Å². The Kier molecular flexibility index (Phi) is 7.91. The molecule has 2 aromatic rings. The van der Waals surface area contributed by atoms with E-state index in [1.54, 1.807) is 37.4 Å². The number of nitrogens with one attached hydrogen (secondary N) is 3. The highest BCUT2D eigenvalue weighted by Gasteiger charge is 2.16. The number of quaternary nitrogens is 1. The van der Waals surface area contributed by atoms with Gasteiger partial charge in [-0.3, -0.25) is 9.59 Å². The first-order valence-electron chi connectivity index (χ1n) is 9.52. The molecule has 0 radical (unpaired) electrons. The second kappa shape index (κ2) is 10.4. The van der Waals surface area contributed by atoms with Gasteiger partial charge in [0.1, 0.15) is 5.75 Å². The fourth-order valence-corrected chi connectivity index (χ4v) is 2.72. The number of ether oxygens (including phenoxy) is 1. The third kappa shape index (κ3) is 7.75. The summed E-state index contributed by atoms with van der Waals surface area (Å²) in [6, 6.07) is 14.0. The lowest BCUT2D eigenvalue weighted by molar-refractivity contribution is -0.863. The summed E-state index contributed by atoms with van der Waals surface area (Å²) >= 11 is 0. The summed E-state index contributed by atoms with van der Waals surface area (Å²) in [5.41, 5.74) is 2.19. The molecule has 7 heteroatoms. The van der Waals surface area contributed by atoms with Crippen LogP contribution < -0.4 is 20.3 Å². The van der Waals surface area contributed by atoms with Crippen molar-refractivity contribution in [2.24, 2.45) is 0 Å². The standard InChI is InChI=1S/C22H27N3O4/c1-15(2)23-20(26)13-25(4)14-21(27)29-19-10-8-18(9-11-19)24-22(28)17-7-5-6-16(3)12-17/h5-12,15H,13-14H2,1-4H3,(H,23,26)(H,24,28)/p+1. The van der Waals surface area contributed by atoms with Gasteiger partial charge in [-0.25, -0.2) is 4.79 Å². The quantitative estimate of drug-likeness (QED) is 0.460. The highest BCUT2D eigenvalue weighted by atomic mass is 16.5. The van der Waals surface area contributed by atoms with Gasteiger partial charge in [-0.05, 0) is 57.2 Å². The molecule has 154 valence electrons. The lowest BCUT2D eigenvalue weighted by Crippen LogP contribution is -3.11. The molecule has 2 aromatic carbocycles. The zero-order valence-electron chi connectivity index (χ0n) is 17.2. The van der Waals surface area contributed by atoms with Gasteiger partial charge in [0.05, 0.1) is 7.05 Å². The lowest BCUT2D eigenvalue weighted by atomic mass is 10.1. The average Bonchev–Trinajstić information content (AvgIpc) is 2.62. The Balaban J connectivity index is 1.84. The van der Waals surface area contributed by atoms with E-state index < -0.39 is 5.97 Å². The molecular formula is C22H28N3O4+. The predicted molar refractivity (Wildman–Crippen MR) is 111 cm³/mol. The number of esters is 1. The molecule has 1 unspecified atom stereocenters. The summed E-state index contributed by atoms with van der Waals surface area (Å²) < 4.78 is 5.30. The first-order chi connectivity index (χ1) is 13.7. The molecule has 0 aromatic heterocycles. The maximum absolute atomic E-state index is 12.3. The van der Waals surface area contributed by atoms with Crippen molar-refractivity contribution >= 4 is 23.5 Å².